The van der Waals surface area contributed by atoms with Crippen molar-refractivity contribution in [1.82, 2.24) is 0 Å². The molecule has 0 spiro atoms. The third-order valence-electron chi connectivity index (χ3n) is 6.78. The average Bonchev–Trinajstić information content (AvgIpc) is 2.73. The molecule has 1 fully saturated rings. The lowest BCUT2D eigenvalue weighted by atomic mass is 9.47. The van der Waals surface area contributed by atoms with E-state index in [-0.39, 0.29) is 0 Å². The van der Waals surface area contributed by atoms with Crippen molar-refractivity contribution in [3.05, 3.63) is 63.2 Å². The minimum atomic E-state index is -1.47. The number of aliphatic hydroxyl groups excluding tert-OH is 4. The molecule has 164 valence electrons. The van der Waals surface area contributed by atoms with E-state index in [1.165, 1.54) is 18.2 Å². The lowest BCUT2D eigenvalue weighted by Gasteiger charge is -2.41. The molecule has 0 amide bonds. The van der Waals surface area contributed by atoms with Crippen LogP contribution in [0.1, 0.15) is 33.9 Å². The fourth-order valence-electron chi connectivity index (χ4n) is 4.55. The van der Waals surface area contributed by atoms with Gasteiger partial charge < -0.3 is 29.9 Å². The van der Waals surface area contributed by atoms with E-state index in [4.69, 9.17) is 21.1 Å². The maximum absolute atomic E-state index is 10.6. The Hall–Kier alpha value is -1.54. The van der Waals surface area contributed by atoms with Crippen LogP contribution in [-0.2, 0) is 22.8 Å². The number of hydrogen-bond acceptors (Lipinski definition) is 6. The first-order chi connectivity index (χ1) is 14.7. The third-order valence-corrected chi connectivity index (χ3v) is 7.10. The molecule has 2 aromatic carbocycles. The van der Waals surface area contributed by atoms with Crippen molar-refractivity contribution in [2.75, 3.05) is 13.7 Å². The van der Waals surface area contributed by atoms with Gasteiger partial charge in [-0.15, -0.1) is 0 Å². The molecule has 1 heterocycles. The van der Waals surface area contributed by atoms with Crippen LogP contribution in [0.2, 0.25) is 5.02 Å². The molecule has 0 saturated carbocycles. The lowest BCUT2D eigenvalue weighted by molar-refractivity contribution is -0.232. The van der Waals surface area contributed by atoms with Gasteiger partial charge in [0.05, 0.1) is 13.7 Å². The van der Waals surface area contributed by atoms with Crippen molar-refractivity contribution in [3.63, 3.8) is 0 Å². The Morgan fingerprint density at radius 3 is 2.35 bits per heavy atom. The van der Waals surface area contributed by atoms with E-state index in [1.807, 2.05) is 6.07 Å². The Morgan fingerprint density at radius 2 is 1.77 bits per heavy atom. The summed E-state index contributed by atoms with van der Waals surface area (Å²) in [5.41, 5.74) is 5.17. The summed E-state index contributed by atoms with van der Waals surface area (Å²) in [6.45, 7) is -0.495. The molecule has 5 atom stereocenters. The molecule has 2 aliphatic rings. The maximum atomic E-state index is 10.6. The molecule has 9 heteroatoms. The SMILES string of the molecule is BC(B)(c1ccc2c(c1)CC2)c1cc([C@@H]2O[C@H](CO)[C@@H](O)[C@H](O)[C@H]2O)c(OC)cc1Cl. The number of benzene rings is 2. The number of aliphatic hydroxyl groups is 4. The fraction of sp³-hybridized carbons (Fsp3) is 0.455. The highest BCUT2D eigenvalue weighted by Crippen LogP contribution is 2.43. The van der Waals surface area contributed by atoms with Gasteiger partial charge in [0.15, 0.2) is 0 Å². The number of aryl methyl sites for hydroxylation is 2. The van der Waals surface area contributed by atoms with Crippen LogP contribution in [0.15, 0.2) is 30.3 Å². The van der Waals surface area contributed by atoms with Gasteiger partial charge in [-0.2, -0.15) is 0 Å². The summed E-state index contributed by atoms with van der Waals surface area (Å²) in [7, 11) is 5.65. The van der Waals surface area contributed by atoms with E-state index in [1.54, 1.807) is 6.07 Å². The van der Waals surface area contributed by atoms with Crippen LogP contribution >= 0.6 is 11.6 Å². The van der Waals surface area contributed by atoms with Crippen molar-refractivity contribution in [2.24, 2.45) is 0 Å². The Morgan fingerprint density at radius 1 is 1.06 bits per heavy atom. The van der Waals surface area contributed by atoms with Gasteiger partial charge >= 0.3 is 0 Å². The Kier molecular flexibility index (Phi) is 6.16. The van der Waals surface area contributed by atoms with Gasteiger partial charge in [-0.1, -0.05) is 35.4 Å². The van der Waals surface area contributed by atoms with E-state index in [0.29, 0.717) is 16.3 Å². The van der Waals surface area contributed by atoms with E-state index in [0.717, 1.165) is 24.0 Å². The van der Waals surface area contributed by atoms with E-state index < -0.39 is 42.3 Å². The van der Waals surface area contributed by atoms with Gasteiger partial charge in [0.25, 0.3) is 0 Å². The molecule has 0 radical (unpaired) electrons. The summed E-state index contributed by atoms with van der Waals surface area (Å²) in [6.07, 6.45) is -4.12. The molecular weight excluding hydrogens is 417 g/mol. The zero-order valence-corrected chi connectivity index (χ0v) is 18.6. The first-order valence-corrected chi connectivity index (χ1v) is 10.9. The molecule has 2 aromatic rings. The van der Waals surface area contributed by atoms with Crippen molar-refractivity contribution in [3.8, 4) is 5.75 Å². The van der Waals surface area contributed by atoms with Gasteiger partial charge in [0, 0.05) is 10.6 Å². The highest BCUT2D eigenvalue weighted by atomic mass is 35.5. The second-order valence-electron chi connectivity index (χ2n) is 8.93. The molecular formula is C22H27B2ClO6. The largest absolute Gasteiger partial charge is 0.496 e. The van der Waals surface area contributed by atoms with Crippen LogP contribution in [0, 0.1) is 0 Å². The molecule has 0 unspecified atom stereocenters. The second kappa shape index (κ2) is 8.43. The van der Waals surface area contributed by atoms with E-state index in [9.17, 15) is 20.4 Å². The number of hydrogen-bond donors (Lipinski definition) is 4. The summed E-state index contributed by atoms with van der Waals surface area (Å²) in [5, 5.41) is 40.7. The molecule has 4 N–H and O–H groups in total. The van der Waals surface area contributed by atoms with Crippen LogP contribution in [0.5, 0.6) is 5.75 Å². The van der Waals surface area contributed by atoms with Gasteiger partial charge in [0.2, 0.25) is 0 Å². The average molecular weight is 445 g/mol. The topological polar surface area (TPSA) is 99.4 Å². The van der Waals surface area contributed by atoms with Crippen LogP contribution < -0.4 is 4.74 Å². The summed E-state index contributed by atoms with van der Waals surface area (Å²) in [6, 6.07) is 9.99. The van der Waals surface area contributed by atoms with Crippen molar-refractivity contribution in [2.45, 2.75) is 48.6 Å². The quantitative estimate of drug-likeness (QED) is 0.461. The normalized spacial score (nSPS) is 28.0. The summed E-state index contributed by atoms with van der Waals surface area (Å²) in [5.74, 6) is 0.394. The van der Waals surface area contributed by atoms with Gasteiger partial charge in [-0.25, -0.2) is 0 Å². The number of rotatable bonds is 5. The van der Waals surface area contributed by atoms with Crippen LogP contribution in [0.3, 0.4) is 0 Å². The Bertz CT molecular complexity index is 983. The summed E-state index contributed by atoms with van der Waals surface area (Å²) in [4.78, 5) is 0. The maximum Gasteiger partial charge on any atom is 0.126 e. The number of ether oxygens (including phenoxy) is 2. The zero-order valence-electron chi connectivity index (χ0n) is 17.9. The molecule has 4 rings (SSSR count). The number of methoxy groups -OCH3 is 1. The van der Waals surface area contributed by atoms with Gasteiger partial charge in [-0.05, 0) is 46.9 Å². The van der Waals surface area contributed by atoms with Crippen LogP contribution in [0.25, 0.3) is 0 Å². The first kappa shape index (κ1) is 22.6. The molecule has 0 bridgehead atoms. The van der Waals surface area contributed by atoms with Crippen LogP contribution in [0.4, 0.5) is 0 Å². The van der Waals surface area contributed by atoms with Gasteiger partial charge in [-0.3, -0.25) is 0 Å². The summed E-state index contributed by atoms with van der Waals surface area (Å²) < 4.78 is 11.3. The molecule has 1 saturated heterocycles. The van der Waals surface area contributed by atoms with Gasteiger partial charge in [0.1, 0.15) is 52.0 Å². The van der Waals surface area contributed by atoms with Crippen molar-refractivity contribution in [1.29, 1.82) is 0 Å². The van der Waals surface area contributed by atoms with Crippen molar-refractivity contribution < 1.29 is 29.9 Å². The highest BCUT2D eigenvalue weighted by Gasteiger charge is 2.45. The smallest absolute Gasteiger partial charge is 0.126 e. The first-order valence-electron chi connectivity index (χ1n) is 10.5. The monoisotopic (exact) mass is 444 g/mol. The predicted molar refractivity (Wildman–Crippen MR) is 122 cm³/mol. The summed E-state index contributed by atoms with van der Waals surface area (Å²) >= 11 is 6.67. The van der Waals surface area contributed by atoms with E-state index in [2.05, 4.69) is 33.9 Å². The fourth-order valence-corrected chi connectivity index (χ4v) is 4.94. The van der Waals surface area contributed by atoms with Crippen LogP contribution in [-0.4, -0.2) is 74.3 Å². The minimum Gasteiger partial charge on any atom is -0.496 e. The molecule has 31 heavy (non-hydrogen) atoms. The lowest BCUT2D eigenvalue weighted by Crippen LogP contribution is -2.55. The Balaban J connectivity index is 1.79. The molecule has 1 aliphatic carbocycles. The van der Waals surface area contributed by atoms with Crippen molar-refractivity contribution >= 4 is 27.3 Å². The predicted octanol–water partition coefficient (Wildman–Crippen LogP) is -0.571. The van der Waals surface area contributed by atoms with E-state index >= 15 is 0 Å². The highest BCUT2D eigenvalue weighted by molar-refractivity contribution is 6.44. The number of halogens is 1. The second-order valence-corrected chi connectivity index (χ2v) is 9.34. The number of fused-ring (bicyclic) bond motifs is 1. The standard InChI is InChI=1S/C22H27B2ClO6/c1-30-16-8-15(25)14(22(23,24)12-5-4-10-2-3-11(10)6-12)7-13(16)21-20(29)19(28)18(27)17(9-26)31-21/h4-8,17-21,26-29H,2-3,9,23-24H2,1H3/t17-,18-,19+,20-,21+/m1/s1. The molecule has 1 aliphatic heterocycles. The minimum absolute atomic E-state index is 0.394. The molecule has 6 nitrogen and oxygen atoms in total. The third kappa shape index (κ3) is 3.80. The molecule has 0 aromatic heterocycles. The Labute approximate surface area is 188 Å². The zero-order chi connectivity index (χ0) is 22.5.